The Kier molecular flexibility index (Phi) is 7.20. The third-order valence-corrected chi connectivity index (χ3v) is 1.82. The molecule has 14 heavy (non-hydrogen) atoms. The molecule has 0 amide bonds. The molecular formula is C10H23N3O. The van der Waals surface area contributed by atoms with Gasteiger partial charge in [-0.25, -0.2) is 0 Å². The van der Waals surface area contributed by atoms with Crippen molar-refractivity contribution in [2.24, 2.45) is 16.6 Å². The fraction of sp³-hybridized carbons (Fsp3) is 0.900. The molecule has 0 aliphatic heterocycles. The number of guanidine groups is 1. The molecule has 0 radical (unpaired) electrons. The highest BCUT2D eigenvalue weighted by Crippen LogP contribution is 1.95. The molecule has 0 bridgehead atoms. The fourth-order valence-electron chi connectivity index (χ4n) is 1.05. The number of nitrogens with zero attached hydrogens (tertiary/aromatic N) is 1. The minimum Gasteiger partial charge on any atom is -0.396 e. The molecule has 0 aromatic rings. The molecule has 4 N–H and O–H groups in total. The van der Waals surface area contributed by atoms with E-state index in [0.717, 1.165) is 19.4 Å². The van der Waals surface area contributed by atoms with E-state index in [1.165, 1.54) is 0 Å². The second-order valence-corrected chi connectivity index (χ2v) is 4.03. The summed E-state index contributed by atoms with van der Waals surface area (Å²) in [5, 5.41) is 11.7. The van der Waals surface area contributed by atoms with Crippen molar-refractivity contribution in [3.05, 3.63) is 0 Å². The smallest absolute Gasteiger partial charge is 0.188 e. The zero-order valence-electron chi connectivity index (χ0n) is 9.45. The van der Waals surface area contributed by atoms with Crippen LogP contribution in [-0.2, 0) is 0 Å². The van der Waals surface area contributed by atoms with Gasteiger partial charge in [-0.1, -0.05) is 13.8 Å². The Morgan fingerprint density at radius 1 is 1.43 bits per heavy atom. The Morgan fingerprint density at radius 3 is 2.57 bits per heavy atom. The van der Waals surface area contributed by atoms with Gasteiger partial charge in [0.15, 0.2) is 5.96 Å². The summed E-state index contributed by atoms with van der Waals surface area (Å²) in [4.78, 5) is 4.19. The number of aliphatic imine (C=N–C) groups is 1. The molecule has 0 saturated heterocycles. The molecule has 0 aliphatic rings. The summed E-state index contributed by atoms with van der Waals surface area (Å²) in [6.07, 6.45) is 1.71. The van der Waals surface area contributed by atoms with Crippen LogP contribution in [-0.4, -0.2) is 30.3 Å². The fourth-order valence-corrected chi connectivity index (χ4v) is 1.05. The number of aliphatic hydroxyl groups excluding tert-OH is 1. The third kappa shape index (κ3) is 7.86. The molecule has 0 saturated carbocycles. The van der Waals surface area contributed by atoms with E-state index in [9.17, 15) is 0 Å². The maximum Gasteiger partial charge on any atom is 0.188 e. The molecule has 0 aliphatic carbocycles. The van der Waals surface area contributed by atoms with Gasteiger partial charge in [0.25, 0.3) is 0 Å². The van der Waals surface area contributed by atoms with Gasteiger partial charge >= 0.3 is 0 Å². The minimum atomic E-state index is 0.231. The van der Waals surface area contributed by atoms with Gasteiger partial charge in [0.1, 0.15) is 0 Å². The van der Waals surface area contributed by atoms with Crippen LogP contribution in [0.4, 0.5) is 0 Å². The summed E-state index contributed by atoms with van der Waals surface area (Å²) in [5.74, 6) is 1.03. The third-order valence-electron chi connectivity index (χ3n) is 1.82. The van der Waals surface area contributed by atoms with E-state index in [4.69, 9.17) is 10.8 Å². The summed E-state index contributed by atoms with van der Waals surface area (Å²) in [6.45, 7) is 7.23. The van der Waals surface area contributed by atoms with Crippen LogP contribution < -0.4 is 11.1 Å². The van der Waals surface area contributed by atoms with E-state index in [1.807, 2.05) is 6.92 Å². The van der Waals surface area contributed by atoms with Crippen molar-refractivity contribution in [2.45, 2.75) is 39.7 Å². The first-order chi connectivity index (χ1) is 6.56. The lowest BCUT2D eigenvalue weighted by Crippen LogP contribution is -2.38. The molecule has 1 atom stereocenters. The van der Waals surface area contributed by atoms with Gasteiger partial charge in [0, 0.05) is 19.2 Å². The highest BCUT2D eigenvalue weighted by atomic mass is 16.2. The van der Waals surface area contributed by atoms with Crippen LogP contribution in [0.15, 0.2) is 4.99 Å². The van der Waals surface area contributed by atoms with Crippen molar-refractivity contribution in [1.82, 2.24) is 5.32 Å². The number of hydrogen-bond acceptors (Lipinski definition) is 2. The number of nitrogens with two attached hydrogens (primary N) is 1. The Bertz CT molecular complexity index is 169. The van der Waals surface area contributed by atoms with Crippen molar-refractivity contribution in [1.29, 1.82) is 0 Å². The maximum atomic E-state index is 8.64. The Morgan fingerprint density at radius 2 is 2.07 bits per heavy atom. The minimum absolute atomic E-state index is 0.231. The number of hydrogen-bond donors (Lipinski definition) is 3. The van der Waals surface area contributed by atoms with E-state index >= 15 is 0 Å². The molecule has 0 aromatic carbocycles. The molecule has 0 aromatic heterocycles. The second-order valence-electron chi connectivity index (χ2n) is 4.03. The van der Waals surface area contributed by atoms with Crippen LogP contribution in [0.2, 0.25) is 0 Å². The normalized spacial score (nSPS) is 14.5. The largest absolute Gasteiger partial charge is 0.396 e. The summed E-state index contributed by atoms with van der Waals surface area (Å²) >= 11 is 0. The molecule has 4 heteroatoms. The number of rotatable bonds is 6. The van der Waals surface area contributed by atoms with Crippen LogP contribution >= 0.6 is 0 Å². The highest BCUT2D eigenvalue weighted by Gasteiger charge is 2.01. The highest BCUT2D eigenvalue weighted by molar-refractivity contribution is 5.78. The molecule has 4 nitrogen and oxygen atoms in total. The maximum absolute atomic E-state index is 8.64. The molecule has 0 spiro atoms. The SMILES string of the molecule is CC(C)CN=C(N)NC(C)CCCO. The van der Waals surface area contributed by atoms with Crippen LogP contribution in [0.3, 0.4) is 0 Å². The predicted octanol–water partition coefficient (Wildman–Crippen LogP) is 0.708. The van der Waals surface area contributed by atoms with E-state index in [-0.39, 0.29) is 12.6 Å². The molecule has 0 fully saturated rings. The van der Waals surface area contributed by atoms with Gasteiger partial charge in [-0.3, -0.25) is 4.99 Å². The monoisotopic (exact) mass is 201 g/mol. The molecular weight excluding hydrogens is 178 g/mol. The van der Waals surface area contributed by atoms with E-state index in [1.54, 1.807) is 0 Å². The van der Waals surface area contributed by atoms with Crippen LogP contribution in [0.1, 0.15) is 33.6 Å². The lowest BCUT2D eigenvalue weighted by Gasteiger charge is -2.13. The average molecular weight is 201 g/mol. The summed E-state index contributed by atoms with van der Waals surface area (Å²) in [7, 11) is 0. The number of nitrogens with one attached hydrogen (secondary N) is 1. The van der Waals surface area contributed by atoms with Crippen molar-refractivity contribution < 1.29 is 5.11 Å². The van der Waals surface area contributed by atoms with Gasteiger partial charge < -0.3 is 16.2 Å². The predicted molar refractivity (Wildman–Crippen MR) is 60.2 cm³/mol. The van der Waals surface area contributed by atoms with Gasteiger partial charge in [-0.05, 0) is 25.7 Å². The standard InChI is InChI=1S/C10H23N3O/c1-8(2)7-12-10(11)13-9(3)5-4-6-14/h8-9,14H,4-7H2,1-3H3,(H3,11,12,13). The van der Waals surface area contributed by atoms with Crippen molar-refractivity contribution in [3.63, 3.8) is 0 Å². The van der Waals surface area contributed by atoms with Crippen molar-refractivity contribution in [3.8, 4) is 0 Å². The molecule has 0 heterocycles. The zero-order valence-corrected chi connectivity index (χ0v) is 9.45. The Hall–Kier alpha value is -0.770. The van der Waals surface area contributed by atoms with E-state index in [0.29, 0.717) is 11.9 Å². The van der Waals surface area contributed by atoms with Gasteiger partial charge in [-0.2, -0.15) is 0 Å². The van der Waals surface area contributed by atoms with Crippen LogP contribution in [0, 0.1) is 5.92 Å². The first-order valence-corrected chi connectivity index (χ1v) is 5.23. The van der Waals surface area contributed by atoms with E-state index in [2.05, 4.69) is 24.2 Å². The summed E-state index contributed by atoms with van der Waals surface area (Å²) in [5.41, 5.74) is 5.67. The molecule has 84 valence electrons. The topological polar surface area (TPSA) is 70.6 Å². The average Bonchev–Trinajstić information content (AvgIpc) is 2.11. The first-order valence-electron chi connectivity index (χ1n) is 5.23. The van der Waals surface area contributed by atoms with Crippen LogP contribution in [0.25, 0.3) is 0 Å². The van der Waals surface area contributed by atoms with Gasteiger partial charge in [0.2, 0.25) is 0 Å². The van der Waals surface area contributed by atoms with E-state index < -0.39 is 0 Å². The van der Waals surface area contributed by atoms with Gasteiger partial charge in [-0.15, -0.1) is 0 Å². The first kappa shape index (κ1) is 13.2. The van der Waals surface area contributed by atoms with Gasteiger partial charge in [0.05, 0.1) is 0 Å². The van der Waals surface area contributed by atoms with Crippen molar-refractivity contribution in [2.75, 3.05) is 13.2 Å². The quantitative estimate of drug-likeness (QED) is 0.438. The molecule has 1 unspecified atom stereocenters. The second kappa shape index (κ2) is 7.62. The van der Waals surface area contributed by atoms with Crippen LogP contribution in [0.5, 0.6) is 0 Å². The lowest BCUT2D eigenvalue weighted by atomic mass is 10.2. The number of aliphatic hydroxyl groups is 1. The molecule has 0 rings (SSSR count). The van der Waals surface area contributed by atoms with Crippen molar-refractivity contribution >= 4 is 5.96 Å². The lowest BCUT2D eigenvalue weighted by molar-refractivity contribution is 0.279. The summed E-state index contributed by atoms with van der Waals surface area (Å²) in [6, 6.07) is 0.276. The zero-order chi connectivity index (χ0) is 11.0. The summed E-state index contributed by atoms with van der Waals surface area (Å²) < 4.78 is 0. The Labute approximate surface area is 86.6 Å². The Balaban J connectivity index is 3.68.